The van der Waals surface area contributed by atoms with Crippen molar-refractivity contribution in [3.63, 3.8) is 0 Å². The summed E-state index contributed by atoms with van der Waals surface area (Å²) in [5, 5.41) is 0. The molecule has 1 heterocycles. The van der Waals surface area contributed by atoms with Crippen LogP contribution in [0.5, 0.6) is 0 Å². The fourth-order valence-electron chi connectivity index (χ4n) is 3.30. The number of anilines is 1. The third-order valence-electron chi connectivity index (χ3n) is 4.75. The van der Waals surface area contributed by atoms with Gasteiger partial charge in [-0.3, -0.25) is 9.59 Å². The van der Waals surface area contributed by atoms with E-state index < -0.39 is 0 Å². The number of carbonyl (C=O) groups excluding carboxylic acids is 2. The topological polar surface area (TPSA) is 40.6 Å². The number of amides is 2. The van der Waals surface area contributed by atoms with Gasteiger partial charge in [-0.1, -0.05) is 31.2 Å². The van der Waals surface area contributed by atoms with Gasteiger partial charge in [-0.15, -0.1) is 0 Å². The van der Waals surface area contributed by atoms with E-state index in [1.54, 1.807) is 36.2 Å². The molecular formula is C21H24N2O2. The monoisotopic (exact) mass is 336 g/mol. The summed E-state index contributed by atoms with van der Waals surface area (Å²) in [4.78, 5) is 29.0. The minimum absolute atomic E-state index is 0.0172. The molecule has 1 atom stereocenters. The molecule has 0 radical (unpaired) electrons. The van der Waals surface area contributed by atoms with E-state index in [9.17, 15) is 9.59 Å². The molecule has 0 aromatic heterocycles. The maximum atomic E-state index is 12.8. The zero-order chi connectivity index (χ0) is 17.8. The number of carbonyl (C=O) groups is 2. The molecular weight excluding hydrogens is 312 g/mol. The highest BCUT2D eigenvalue weighted by Crippen LogP contribution is 2.20. The maximum absolute atomic E-state index is 12.8. The molecule has 25 heavy (non-hydrogen) atoms. The van der Waals surface area contributed by atoms with Crippen molar-refractivity contribution in [1.29, 1.82) is 0 Å². The van der Waals surface area contributed by atoms with E-state index >= 15 is 0 Å². The van der Waals surface area contributed by atoms with E-state index in [0.717, 1.165) is 25.2 Å². The predicted octanol–water partition coefficient (Wildman–Crippen LogP) is 3.84. The van der Waals surface area contributed by atoms with Gasteiger partial charge in [0.1, 0.15) is 0 Å². The molecule has 1 unspecified atom stereocenters. The standard InChI is InChI=1S/C21H24N2O2/c1-16-8-7-13-23(15-16)21(25)18-10-6-9-17(14-18)20(24)22(2)19-11-4-3-5-12-19/h3-6,9-12,14,16H,7-8,13,15H2,1-2H3. The van der Waals surface area contributed by atoms with Crippen LogP contribution in [0.25, 0.3) is 0 Å². The molecule has 1 aliphatic rings. The third kappa shape index (κ3) is 3.90. The molecule has 3 rings (SSSR count). The summed E-state index contributed by atoms with van der Waals surface area (Å²) in [5.74, 6) is 0.433. The second-order valence-electron chi connectivity index (χ2n) is 6.78. The Hall–Kier alpha value is -2.62. The van der Waals surface area contributed by atoms with Gasteiger partial charge in [0.05, 0.1) is 0 Å². The quantitative estimate of drug-likeness (QED) is 0.854. The first kappa shape index (κ1) is 17.2. The average molecular weight is 336 g/mol. The van der Waals surface area contributed by atoms with Crippen molar-refractivity contribution in [1.82, 2.24) is 4.90 Å². The summed E-state index contributed by atoms with van der Waals surface area (Å²) in [5.41, 5.74) is 1.94. The Morgan fingerprint density at radius 1 is 1.04 bits per heavy atom. The lowest BCUT2D eigenvalue weighted by Gasteiger charge is -2.31. The number of likely N-dealkylation sites (tertiary alicyclic amines) is 1. The van der Waals surface area contributed by atoms with E-state index in [1.165, 1.54) is 6.42 Å². The number of rotatable bonds is 3. The lowest BCUT2D eigenvalue weighted by Crippen LogP contribution is -2.39. The average Bonchev–Trinajstić information content (AvgIpc) is 2.67. The van der Waals surface area contributed by atoms with Gasteiger partial charge in [0.15, 0.2) is 0 Å². The Kier molecular flexibility index (Phi) is 5.17. The summed E-state index contributed by atoms with van der Waals surface area (Å²) in [6.45, 7) is 3.76. The van der Waals surface area contributed by atoms with Gasteiger partial charge in [-0.2, -0.15) is 0 Å². The number of hydrogen-bond donors (Lipinski definition) is 0. The molecule has 1 saturated heterocycles. The van der Waals surface area contributed by atoms with Crippen LogP contribution in [0.15, 0.2) is 54.6 Å². The lowest BCUT2D eigenvalue weighted by molar-refractivity contribution is 0.0683. The van der Waals surface area contributed by atoms with E-state index in [-0.39, 0.29) is 11.8 Å². The smallest absolute Gasteiger partial charge is 0.258 e. The molecule has 0 aliphatic carbocycles. The Labute approximate surface area is 149 Å². The van der Waals surface area contributed by atoms with Gasteiger partial charge < -0.3 is 9.80 Å². The minimum Gasteiger partial charge on any atom is -0.338 e. The third-order valence-corrected chi connectivity index (χ3v) is 4.75. The first-order chi connectivity index (χ1) is 12.1. The van der Waals surface area contributed by atoms with Crippen molar-refractivity contribution >= 4 is 17.5 Å². The van der Waals surface area contributed by atoms with E-state index in [0.29, 0.717) is 17.0 Å². The van der Waals surface area contributed by atoms with E-state index in [4.69, 9.17) is 0 Å². The summed E-state index contributed by atoms with van der Waals surface area (Å²) in [7, 11) is 1.75. The Bertz CT molecular complexity index is 758. The number of para-hydroxylation sites is 1. The van der Waals surface area contributed by atoms with Crippen LogP contribution in [0.1, 0.15) is 40.5 Å². The van der Waals surface area contributed by atoms with Crippen LogP contribution in [0, 0.1) is 5.92 Å². The van der Waals surface area contributed by atoms with Crippen LogP contribution < -0.4 is 4.90 Å². The van der Waals surface area contributed by atoms with Crippen molar-refractivity contribution in [3.05, 3.63) is 65.7 Å². The lowest BCUT2D eigenvalue weighted by atomic mass is 9.99. The first-order valence-corrected chi connectivity index (χ1v) is 8.78. The Morgan fingerprint density at radius 3 is 2.48 bits per heavy atom. The van der Waals surface area contributed by atoms with Crippen molar-refractivity contribution in [3.8, 4) is 0 Å². The van der Waals surface area contributed by atoms with Gasteiger partial charge >= 0.3 is 0 Å². The van der Waals surface area contributed by atoms with Gasteiger partial charge in [0.2, 0.25) is 0 Å². The van der Waals surface area contributed by atoms with Crippen LogP contribution in [0.2, 0.25) is 0 Å². The zero-order valence-corrected chi connectivity index (χ0v) is 14.8. The maximum Gasteiger partial charge on any atom is 0.258 e. The van der Waals surface area contributed by atoms with Gasteiger partial charge in [-0.25, -0.2) is 0 Å². The predicted molar refractivity (Wildman–Crippen MR) is 99.9 cm³/mol. The van der Waals surface area contributed by atoms with Crippen LogP contribution >= 0.6 is 0 Å². The van der Waals surface area contributed by atoms with Gasteiger partial charge in [-0.05, 0) is 49.1 Å². The van der Waals surface area contributed by atoms with Crippen molar-refractivity contribution in [2.75, 3.05) is 25.0 Å². The fraction of sp³-hybridized carbons (Fsp3) is 0.333. The second kappa shape index (κ2) is 7.51. The summed E-state index contributed by atoms with van der Waals surface area (Å²) in [6, 6.07) is 16.5. The summed E-state index contributed by atoms with van der Waals surface area (Å²) >= 11 is 0. The molecule has 4 nitrogen and oxygen atoms in total. The van der Waals surface area contributed by atoms with Crippen LogP contribution in [-0.2, 0) is 0 Å². The zero-order valence-electron chi connectivity index (χ0n) is 14.8. The molecule has 2 aromatic carbocycles. The minimum atomic E-state index is -0.118. The molecule has 4 heteroatoms. The second-order valence-corrected chi connectivity index (χ2v) is 6.78. The van der Waals surface area contributed by atoms with E-state index in [1.807, 2.05) is 35.2 Å². The highest BCUT2D eigenvalue weighted by Gasteiger charge is 2.23. The number of benzene rings is 2. The summed E-state index contributed by atoms with van der Waals surface area (Å²) < 4.78 is 0. The normalized spacial score (nSPS) is 17.2. The molecule has 2 amide bonds. The highest BCUT2D eigenvalue weighted by atomic mass is 16.2. The van der Waals surface area contributed by atoms with E-state index in [2.05, 4.69) is 6.92 Å². The fourth-order valence-corrected chi connectivity index (χ4v) is 3.30. The number of piperidine rings is 1. The highest BCUT2D eigenvalue weighted by molar-refractivity contribution is 6.07. The molecule has 1 fully saturated rings. The SMILES string of the molecule is CC1CCCN(C(=O)c2cccc(C(=O)N(C)c3ccccc3)c2)C1. The molecule has 0 N–H and O–H groups in total. The molecule has 1 aliphatic heterocycles. The van der Waals surface area contributed by atoms with Crippen LogP contribution in [0.4, 0.5) is 5.69 Å². The van der Waals surface area contributed by atoms with Gasteiger partial charge in [0.25, 0.3) is 11.8 Å². The first-order valence-electron chi connectivity index (χ1n) is 8.78. The Morgan fingerprint density at radius 2 is 1.76 bits per heavy atom. The molecule has 130 valence electrons. The van der Waals surface area contributed by atoms with Crippen LogP contribution in [0.3, 0.4) is 0 Å². The van der Waals surface area contributed by atoms with Crippen LogP contribution in [-0.4, -0.2) is 36.9 Å². The molecule has 0 bridgehead atoms. The molecule has 0 spiro atoms. The number of hydrogen-bond acceptors (Lipinski definition) is 2. The Balaban J connectivity index is 1.79. The largest absolute Gasteiger partial charge is 0.338 e. The van der Waals surface area contributed by atoms with Crippen molar-refractivity contribution in [2.24, 2.45) is 5.92 Å². The van der Waals surface area contributed by atoms with Crippen molar-refractivity contribution < 1.29 is 9.59 Å². The summed E-state index contributed by atoms with van der Waals surface area (Å²) in [6.07, 6.45) is 2.21. The molecule has 0 saturated carbocycles. The van der Waals surface area contributed by atoms with Crippen molar-refractivity contribution in [2.45, 2.75) is 19.8 Å². The molecule has 2 aromatic rings. The van der Waals surface area contributed by atoms with Gasteiger partial charge in [0, 0.05) is 37.0 Å². The number of nitrogens with zero attached hydrogens (tertiary/aromatic N) is 2.